The van der Waals surface area contributed by atoms with E-state index in [0.29, 0.717) is 42.7 Å². The number of anilines is 1. The van der Waals surface area contributed by atoms with Gasteiger partial charge in [0.05, 0.1) is 34.7 Å². The molecule has 0 radical (unpaired) electrons. The zero-order valence-electron chi connectivity index (χ0n) is 26.1. The summed E-state index contributed by atoms with van der Waals surface area (Å²) in [6, 6.07) is 19.0. The molecule has 5 N–H and O–H groups in total. The van der Waals surface area contributed by atoms with Gasteiger partial charge in [-0.2, -0.15) is 13.2 Å². The standard InChI is InChI=1S/C34H41F3N4O4S/c1-4-40-16-14-27-29(40)19-24(20-30(27)41-15-9-17-46(41,44)45)32(43)39-28(18-23-10-6-5-7-11-23)31(42)22-38-33(2,3)25-12-8-13-26(21-25)34(35,36)37/h5-8,10-14,16,19-21,28,31,38,42,44-45H,4,9,15,17-18,22H2,1-3H3,(H,39,43)/t28-,31-/m0/s1. The first-order valence-electron chi connectivity index (χ1n) is 15.3. The van der Waals surface area contributed by atoms with E-state index in [0.717, 1.165) is 28.6 Å². The maximum atomic E-state index is 13.9. The van der Waals surface area contributed by atoms with Gasteiger partial charge in [-0.15, -0.1) is 10.8 Å². The summed E-state index contributed by atoms with van der Waals surface area (Å²) in [5.74, 6) is -0.186. The van der Waals surface area contributed by atoms with E-state index in [-0.39, 0.29) is 12.3 Å². The fraction of sp³-hybridized carbons (Fsp3) is 0.382. The van der Waals surface area contributed by atoms with Crippen LogP contribution in [0.2, 0.25) is 0 Å². The Morgan fingerprint density at radius 3 is 2.37 bits per heavy atom. The van der Waals surface area contributed by atoms with Crippen LogP contribution in [-0.4, -0.2) is 55.7 Å². The SMILES string of the molecule is CCn1ccc2c(N3CCCS3(O)O)cc(C(=O)N[C@@H](Cc3ccccc3)[C@@H](O)CNC(C)(C)c3cccc(C(F)(F)F)c3)cc21. The van der Waals surface area contributed by atoms with E-state index < -0.39 is 46.1 Å². The summed E-state index contributed by atoms with van der Waals surface area (Å²) in [5, 5.41) is 18.4. The Hall–Kier alpha value is -3.55. The lowest BCUT2D eigenvalue weighted by Gasteiger charge is -2.38. The minimum absolute atomic E-state index is 0.0152. The molecule has 1 aromatic heterocycles. The van der Waals surface area contributed by atoms with E-state index >= 15 is 0 Å². The summed E-state index contributed by atoms with van der Waals surface area (Å²) in [5.41, 5.74) is 1.26. The largest absolute Gasteiger partial charge is 0.416 e. The highest BCUT2D eigenvalue weighted by Gasteiger charge is 2.34. The minimum Gasteiger partial charge on any atom is -0.390 e. The Bertz CT molecular complexity index is 1680. The zero-order valence-corrected chi connectivity index (χ0v) is 26.9. The topological polar surface area (TPSA) is 110 Å². The van der Waals surface area contributed by atoms with Crippen molar-refractivity contribution in [3.8, 4) is 0 Å². The van der Waals surface area contributed by atoms with Gasteiger partial charge in [-0.1, -0.05) is 42.5 Å². The number of aliphatic hydroxyl groups excluding tert-OH is 1. The average molecular weight is 659 g/mol. The lowest BCUT2D eigenvalue weighted by atomic mass is 9.92. The number of hydrogen-bond acceptors (Lipinski definition) is 6. The van der Waals surface area contributed by atoms with Crippen molar-refractivity contribution >= 4 is 33.3 Å². The number of nitrogens with one attached hydrogen (secondary N) is 2. The maximum Gasteiger partial charge on any atom is 0.416 e. The van der Waals surface area contributed by atoms with Gasteiger partial charge in [-0.25, -0.2) is 0 Å². The molecule has 4 aromatic rings. The minimum atomic E-state index is -4.48. The molecule has 1 aliphatic heterocycles. The van der Waals surface area contributed by atoms with Crippen molar-refractivity contribution in [3.05, 3.63) is 101 Å². The van der Waals surface area contributed by atoms with Crippen molar-refractivity contribution in [1.29, 1.82) is 0 Å². The van der Waals surface area contributed by atoms with Gasteiger partial charge >= 0.3 is 6.18 Å². The zero-order chi connectivity index (χ0) is 33.3. The molecule has 0 aliphatic carbocycles. The van der Waals surface area contributed by atoms with Gasteiger partial charge in [0, 0.05) is 42.3 Å². The molecule has 2 atom stereocenters. The number of aliphatic hydroxyl groups is 1. The van der Waals surface area contributed by atoms with Crippen LogP contribution in [0.4, 0.5) is 18.9 Å². The molecule has 0 spiro atoms. The van der Waals surface area contributed by atoms with Gasteiger partial charge in [0.2, 0.25) is 0 Å². The average Bonchev–Trinajstić information content (AvgIpc) is 3.61. The molecule has 0 unspecified atom stereocenters. The predicted molar refractivity (Wildman–Crippen MR) is 177 cm³/mol. The number of fused-ring (bicyclic) bond motifs is 1. The molecule has 0 saturated carbocycles. The van der Waals surface area contributed by atoms with Crippen LogP contribution in [0, 0.1) is 0 Å². The van der Waals surface area contributed by atoms with Crippen LogP contribution in [0.1, 0.15) is 54.2 Å². The number of nitrogens with zero attached hydrogens (tertiary/aromatic N) is 2. The number of carbonyl (C=O) groups excluding carboxylic acids is 1. The molecule has 1 fully saturated rings. The van der Waals surface area contributed by atoms with Crippen molar-refractivity contribution in [2.75, 3.05) is 23.1 Å². The summed E-state index contributed by atoms with van der Waals surface area (Å²) in [6.07, 6.45) is -2.78. The third kappa shape index (κ3) is 7.37. The second-order valence-electron chi connectivity index (χ2n) is 12.2. The molecule has 3 aromatic carbocycles. The number of amides is 1. The number of aromatic nitrogens is 1. The van der Waals surface area contributed by atoms with Crippen LogP contribution in [0.3, 0.4) is 0 Å². The van der Waals surface area contributed by atoms with E-state index in [1.807, 2.05) is 54.1 Å². The number of halogens is 3. The Kier molecular flexibility index (Phi) is 9.76. The first kappa shape index (κ1) is 33.8. The van der Waals surface area contributed by atoms with E-state index in [4.69, 9.17) is 0 Å². The highest BCUT2D eigenvalue weighted by molar-refractivity contribution is 8.25. The van der Waals surface area contributed by atoms with Crippen LogP contribution in [-0.2, 0) is 24.7 Å². The Morgan fingerprint density at radius 1 is 1.00 bits per heavy atom. The lowest BCUT2D eigenvalue weighted by Crippen LogP contribution is -2.51. The monoisotopic (exact) mass is 658 g/mol. The maximum absolute atomic E-state index is 13.9. The van der Waals surface area contributed by atoms with E-state index in [1.54, 1.807) is 36.4 Å². The van der Waals surface area contributed by atoms with Gasteiger partial charge in [0.25, 0.3) is 5.91 Å². The van der Waals surface area contributed by atoms with Gasteiger partial charge in [0.1, 0.15) is 0 Å². The molecule has 248 valence electrons. The fourth-order valence-corrected chi connectivity index (χ4v) is 7.54. The molecule has 8 nitrogen and oxygen atoms in total. The number of benzene rings is 3. The normalized spacial score (nSPS) is 17.2. The molecule has 46 heavy (non-hydrogen) atoms. The van der Waals surface area contributed by atoms with Gasteiger partial charge in [-0.3, -0.25) is 18.2 Å². The second kappa shape index (κ2) is 13.3. The van der Waals surface area contributed by atoms with E-state index in [1.165, 1.54) is 6.07 Å². The van der Waals surface area contributed by atoms with Crippen molar-refractivity contribution in [2.45, 2.75) is 64.0 Å². The van der Waals surface area contributed by atoms with Gasteiger partial charge in [0.15, 0.2) is 0 Å². The molecule has 0 bridgehead atoms. The first-order valence-corrected chi connectivity index (χ1v) is 17.0. The van der Waals surface area contributed by atoms with E-state index in [9.17, 15) is 32.2 Å². The van der Waals surface area contributed by atoms with Crippen LogP contribution in [0.5, 0.6) is 0 Å². The van der Waals surface area contributed by atoms with Crippen molar-refractivity contribution in [1.82, 2.24) is 15.2 Å². The van der Waals surface area contributed by atoms with Gasteiger partial charge < -0.3 is 20.3 Å². The Balaban J connectivity index is 1.41. The number of aryl methyl sites for hydroxylation is 1. The molecule has 12 heteroatoms. The number of alkyl halides is 3. The lowest BCUT2D eigenvalue weighted by molar-refractivity contribution is -0.137. The molecule has 1 saturated heterocycles. The fourth-order valence-electron chi connectivity index (χ4n) is 5.92. The molecular formula is C34H41F3N4O4S. The molecular weight excluding hydrogens is 617 g/mol. The number of rotatable bonds is 11. The highest BCUT2D eigenvalue weighted by Crippen LogP contribution is 2.52. The summed E-state index contributed by atoms with van der Waals surface area (Å²) in [6.45, 7) is 6.54. The smallest absolute Gasteiger partial charge is 0.390 e. The molecule has 2 heterocycles. The summed E-state index contributed by atoms with van der Waals surface area (Å²) >= 11 is 0. The van der Waals surface area contributed by atoms with E-state index in [2.05, 4.69) is 10.6 Å². The number of carbonyl (C=O) groups is 1. The van der Waals surface area contributed by atoms with Crippen molar-refractivity contribution < 1.29 is 32.2 Å². The van der Waals surface area contributed by atoms with Crippen molar-refractivity contribution in [2.24, 2.45) is 0 Å². The molecule has 5 rings (SSSR count). The first-order chi connectivity index (χ1) is 21.7. The second-order valence-corrected chi connectivity index (χ2v) is 14.4. The molecule has 1 amide bonds. The number of hydrogen-bond donors (Lipinski definition) is 5. The Labute approximate surface area is 268 Å². The predicted octanol–water partition coefficient (Wildman–Crippen LogP) is 6.78. The highest BCUT2D eigenvalue weighted by atomic mass is 32.3. The third-order valence-corrected chi connectivity index (χ3v) is 10.5. The Morgan fingerprint density at radius 2 is 1.72 bits per heavy atom. The van der Waals surface area contributed by atoms with Crippen LogP contribution >= 0.6 is 10.8 Å². The van der Waals surface area contributed by atoms with Crippen molar-refractivity contribution in [3.63, 3.8) is 0 Å². The molecule has 1 aliphatic rings. The van der Waals surface area contributed by atoms with Crippen LogP contribution in [0.25, 0.3) is 10.9 Å². The van der Waals surface area contributed by atoms with Crippen LogP contribution < -0.4 is 14.9 Å². The van der Waals surface area contributed by atoms with Gasteiger partial charge in [-0.05, 0) is 75.1 Å². The quantitative estimate of drug-likeness (QED) is 0.122. The summed E-state index contributed by atoms with van der Waals surface area (Å²) < 4.78 is 65.2. The van der Waals surface area contributed by atoms with Crippen LogP contribution in [0.15, 0.2) is 79.0 Å². The summed E-state index contributed by atoms with van der Waals surface area (Å²) in [7, 11) is -3.02. The summed E-state index contributed by atoms with van der Waals surface area (Å²) in [4.78, 5) is 13.9. The third-order valence-electron chi connectivity index (χ3n) is 8.61.